The van der Waals surface area contributed by atoms with Gasteiger partial charge in [0.05, 0.1) is 7.11 Å². The monoisotopic (exact) mass is 265 g/mol. The van der Waals surface area contributed by atoms with Crippen LogP contribution in [-0.4, -0.2) is 48.2 Å². The van der Waals surface area contributed by atoms with Crippen molar-refractivity contribution in [2.24, 2.45) is 5.92 Å². The number of methoxy groups -OCH3 is 1. The molecule has 0 aromatic carbocycles. The third-order valence-corrected chi connectivity index (χ3v) is 3.66. The number of hydrogen-bond donors (Lipinski definition) is 2. The first kappa shape index (κ1) is 13.9. The molecule has 0 aliphatic carbocycles. The second kappa shape index (κ2) is 6.56. The third kappa shape index (κ3) is 3.96. The van der Waals surface area contributed by atoms with E-state index in [0.29, 0.717) is 11.8 Å². The molecule has 0 unspecified atom stereocenters. The molecule has 3 N–H and O–H groups in total. The number of nitrogens with two attached hydrogens (primary N) is 1. The molecule has 106 valence electrons. The van der Waals surface area contributed by atoms with E-state index < -0.39 is 0 Å². The first-order valence-electron chi connectivity index (χ1n) is 6.86. The minimum atomic E-state index is 0.239. The number of nitrogens with one attached hydrogen (secondary N) is 1. The summed E-state index contributed by atoms with van der Waals surface area (Å²) in [7, 11) is 1.58. The highest BCUT2D eigenvalue weighted by Crippen LogP contribution is 2.19. The molecule has 2 heterocycles. The highest BCUT2D eigenvalue weighted by molar-refractivity contribution is 5.42. The zero-order valence-corrected chi connectivity index (χ0v) is 11.7. The predicted octanol–water partition coefficient (Wildman–Crippen LogP) is 1.21. The summed E-state index contributed by atoms with van der Waals surface area (Å²) in [5, 5.41) is 3.33. The second-order valence-corrected chi connectivity index (χ2v) is 4.91. The van der Waals surface area contributed by atoms with Crippen molar-refractivity contribution in [3.63, 3.8) is 0 Å². The number of likely N-dealkylation sites (tertiary alicyclic amines) is 1. The van der Waals surface area contributed by atoms with E-state index in [2.05, 4.69) is 27.1 Å². The van der Waals surface area contributed by atoms with Gasteiger partial charge in [0.15, 0.2) is 0 Å². The largest absolute Gasteiger partial charge is 0.481 e. The lowest BCUT2D eigenvalue weighted by Crippen LogP contribution is -2.35. The van der Waals surface area contributed by atoms with Crippen molar-refractivity contribution in [2.75, 3.05) is 44.3 Å². The van der Waals surface area contributed by atoms with Crippen molar-refractivity contribution < 1.29 is 4.74 Å². The Hall–Kier alpha value is -1.56. The molecule has 2 rings (SSSR count). The highest BCUT2D eigenvalue weighted by Gasteiger charge is 2.17. The maximum absolute atomic E-state index is 5.63. The molecule has 0 spiro atoms. The number of piperidine rings is 1. The van der Waals surface area contributed by atoms with Crippen LogP contribution < -0.4 is 15.8 Å². The normalized spacial score (nSPS) is 17.4. The first-order chi connectivity index (χ1) is 9.21. The van der Waals surface area contributed by atoms with Gasteiger partial charge in [0.25, 0.3) is 0 Å². The molecule has 6 nitrogen and oxygen atoms in total. The van der Waals surface area contributed by atoms with E-state index in [9.17, 15) is 0 Å². The summed E-state index contributed by atoms with van der Waals surface area (Å²) >= 11 is 0. The lowest BCUT2D eigenvalue weighted by molar-refractivity contribution is 0.198. The molecular formula is C13H23N5O. The van der Waals surface area contributed by atoms with Crippen molar-refractivity contribution in [2.45, 2.75) is 19.8 Å². The topological polar surface area (TPSA) is 76.3 Å². The van der Waals surface area contributed by atoms with Gasteiger partial charge >= 0.3 is 0 Å². The van der Waals surface area contributed by atoms with Crippen LogP contribution in [0, 0.1) is 5.92 Å². The standard InChI is InChI=1S/C13H23N5O/c1-3-18-6-4-10(5-7-18)9-15-11-8-12(19-2)17-13(14)16-11/h8,10H,3-7,9H2,1-2H3,(H3,14,15,16,17). The molecule has 0 atom stereocenters. The number of nitrogens with zero attached hydrogens (tertiary/aromatic N) is 3. The van der Waals surface area contributed by atoms with E-state index in [4.69, 9.17) is 10.5 Å². The van der Waals surface area contributed by atoms with Crippen LogP contribution in [0.25, 0.3) is 0 Å². The van der Waals surface area contributed by atoms with Crippen LogP contribution in [-0.2, 0) is 0 Å². The molecule has 0 bridgehead atoms. The SMILES string of the molecule is CCN1CCC(CNc2cc(OC)nc(N)n2)CC1. The Kier molecular flexibility index (Phi) is 4.79. The van der Waals surface area contributed by atoms with Crippen LogP contribution in [0.2, 0.25) is 0 Å². The fourth-order valence-electron chi connectivity index (χ4n) is 2.39. The average Bonchev–Trinajstić information content (AvgIpc) is 2.45. The van der Waals surface area contributed by atoms with Crippen LogP contribution in [0.4, 0.5) is 11.8 Å². The van der Waals surface area contributed by atoms with E-state index in [1.807, 2.05) is 0 Å². The van der Waals surface area contributed by atoms with Crippen molar-refractivity contribution in [1.29, 1.82) is 0 Å². The number of anilines is 2. The predicted molar refractivity (Wildman–Crippen MR) is 76.3 cm³/mol. The van der Waals surface area contributed by atoms with E-state index in [1.165, 1.54) is 25.9 Å². The van der Waals surface area contributed by atoms with Gasteiger partial charge in [0.2, 0.25) is 11.8 Å². The average molecular weight is 265 g/mol. The first-order valence-corrected chi connectivity index (χ1v) is 6.86. The lowest BCUT2D eigenvalue weighted by Gasteiger charge is -2.31. The molecule has 0 amide bonds. The summed E-state index contributed by atoms with van der Waals surface area (Å²) < 4.78 is 5.08. The van der Waals surface area contributed by atoms with Gasteiger partial charge in [0.1, 0.15) is 5.82 Å². The van der Waals surface area contributed by atoms with Crippen LogP contribution in [0.5, 0.6) is 5.88 Å². The third-order valence-electron chi connectivity index (χ3n) is 3.66. The van der Waals surface area contributed by atoms with Crippen molar-refractivity contribution in [3.8, 4) is 5.88 Å². The summed E-state index contributed by atoms with van der Waals surface area (Å²) in [6.07, 6.45) is 2.47. The Labute approximate surface area is 114 Å². The van der Waals surface area contributed by atoms with E-state index in [-0.39, 0.29) is 5.95 Å². The van der Waals surface area contributed by atoms with Gasteiger partial charge in [-0.1, -0.05) is 6.92 Å². The van der Waals surface area contributed by atoms with Gasteiger partial charge in [-0.05, 0) is 38.4 Å². The minimum absolute atomic E-state index is 0.239. The Morgan fingerprint density at radius 3 is 2.79 bits per heavy atom. The van der Waals surface area contributed by atoms with Crippen LogP contribution in [0.3, 0.4) is 0 Å². The molecule has 6 heteroatoms. The summed E-state index contributed by atoms with van der Waals surface area (Å²) in [5.74, 6) is 2.17. The highest BCUT2D eigenvalue weighted by atomic mass is 16.5. The molecule has 1 fully saturated rings. The van der Waals surface area contributed by atoms with Gasteiger partial charge < -0.3 is 20.7 Å². The Bertz CT molecular complexity index is 404. The molecule has 1 aromatic heterocycles. The quantitative estimate of drug-likeness (QED) is 0.833. The number of nitrogen functional groups attached to an aromatic ring is 1. The smallest absolute Gasteiger partial charge is 0.225 e. The molecule has 1 saturated heterocycles. The maximum atomic E-state index is 5.63. The van der Waals surface area contributed by atoms with E-state index in [1.54, 1.807) is 13.2 Å². The van der Waals surface area contributed by atoms with Crippen LogP contribution >= 0.6 is 0 Å². The summed E-state index contributed by atoms with van der Waals surface area (Å²) in [4.78, 5) is 10.6. The van der Waals surface area contributed by atoms with Crippen molar-refractivity contribution >= 4 is 11.8 Å². The number of ether oxygens (including phenoxy) is 1. The van der Waals surface area contributed by atoms with Crippen molar-refractivity contribution in [1.82, 2.24) is 14.9 Å². The molecular weight excluding hydrogens is 242 g/mol. The number of aromatic nitrogens is 2. The second-order valence-electron chi connectivity index (χ2n) is 4.91. The molecule has 1 aliphatic heterocycles. The summed E-state index contributed by atoms with van der Waals surface area (Å²) in [6, 6.07) is 1.78. The van der Waals surface area contributed by atoms with Gasteiger partial charge in [0, 0.05) is 12.6 Å². The molecule has 1 aromatic rings. The zero-order valence-electron chi connectivity index (χ0n) is 11.7. The van der Waals surface area contributed by atoms with Gasteiger partial charge in [-0.3, -0.25) is 0 Å². The maximum Gasteiger partial charge on any atom is 0.225 e. The number of hydrogen-bond acceptors (Lipinski definition) is 6. The van der Waals surface area contributed by atoms with Crippen molar-refractivity contribution in [3.05, 3.63) is 6.07 Å². The zero-order chi connectivity index (χ0) is 13.7. The summed E-state index contributed by atoms with van der Waals surface area (Å²) in [5.41, 5.74) is 5.63. The number of rotatable bonds is 5. The summed E-state index contributed by atoms with van der Waals surface area (Å²) in [6.45, 7) is 6.68. The Morgan fingerprint density at radius 2 is 2.16 bits per heavy atom. The minimum Gasteiger partial charge on any atom is -0.481 e. The van der Waals surface area contributed by atoms with Gasteiger partial charge in [-0.15, -0.1) is 0 Å². The molecule has 0 saturated carbocycles. The van der Waals surface area contributed by atoms with Crippen LogP contribution in [0.1, 0.15) is 19.8 Å². The van der Waals surface area contributed by atoms with E-state index in [0.717, 1.165) is 18.9 Å². The lowest BCUT2D eigenvalue weighted by atomic mass is 9.97. The van der Waals surface area contributed by atoms with E-state index >= 15 is 0 Å². The van der Waals surface area contributed by atoms with Gasteiger partial charge in [-0.25, -0.2) is 0 Å². The molecule has 0 radical (unpaired) electrons. The molecule has 19 heavy (non-hydrogen) atoms. The fourth-order valence-corrected chi connectivity index (χ4v) is 2.39. The molecule has 1 aliphatic rings. The fraction of sp³-hybridized carbons (Fsp3) is 0.692. The van der Waals surface area contributed by atoms with Gasteiger partial charge in [-0.2, -0.15) is 9.97 Å². The Balaban J connectivity index is 1.84. The Morgan fingerprint density at radius 1 is 1.42 bits per heavy atom. The van der Waals surface area contributed by atoms with Crippen LogP contribution in [0.15, 0.2) is 6.07 Å².